The van der Waals surface area contributed by atoms with Gasteiger partial charge in [-0.3, -0.25) is 19.0 Å². The third-order valence-electron chi connectivity index (χ3n) is 4.26. The molecule has 0 unspecified atom stereocenters. The number of benzene rings is 1. The van der Waals surface area contributed by atoms with Crippen LogP contribution in [0.4, 0.5) is 0 Å². The fourth-order valence-corrected chi connectivity index (χ4v) is 3.77. The first kappa shape index (κ1) is 19.3. The van der Waals surface area contributed by atoms with E-state index in [9.17, 15) is 14.4 Å². The molecule has 0 N–H and O–H groups in total. The maximum absolute atomic E-state index is 12.6. The molecule has 2 heterocycles. The lowest BCUT2D eigenvalue weighted by Crippen LogP contribution is -2.30. The van der Waals surface area contributed by atoms with Gasteiger partial charge in [-0.2, -0.15) is 0 Å². The highest BCUT2D eigenvalue weighted by Crippen LogP contribution is 2.25. The number of esters is 1. The van der Waals surface area contributed by atoms with Crippen molar-refractivity contribution in [1.82, 2.24) is 9.55 Å². The smallest absolute Gasteiger partial charge is 0.326 e. The molecular weight excluding hydrogens is 388 g/mol. The Labute approximate surface area is 164 Å². The molecule has 1 atom stereocenters. The van der Waals surface area contributed by atoms with Crippen LogP contribution in [0.1, 0.15) is 27.7 Å². The zero-order valence-electron chi connectivity index (χ0n) is 15.0. The monoisotopic (exact) mass is 404 g/mol. The van der Waals surface area contributed by atoms with Crippen molar-refractivity contribution >= 4 is 44.9 Å². The number of aryl methyl sites for hydroxylation is 2. The van der Waals surface area contributed by atoms with Gasteiger partial charge >= 0.3 is 5.97 Å². The Morgan fingerprint density at radius 2 is 1.93 bits per heavy atom. The summed E-state index contributed by atoms with van der Waals surface area (Å²) in [6, 6.07) is 6.32. The molecule has 8 heteroatoms. The van der Waals surface area contributed by atoms with Gasteiger partial charge in [0.1, 0.15) is 11.4 Å². The number of fused-ring (bicyclic) bond motifs is 1. The minimum absolute atomic E-state index is 0.296. The number of Topliss-reactive ketones (excluding diaryl/α,β-unsaturated/α-hetero) is 1. The van der Waals surface area contributed by atoms with Crippen LogP contribution in [0.3, 0.4) is 0 Å². The van der Waals surface area contributed by atoms with Gasteiger partial charge in [0.25, 0.3) is 5.56 Å². The normalized spacial score (nSPS) is 12.1. The van der Waals surface area contributed by atoms with E-state index in [-0.39, 0.29) is 17.9 Å². The molecule has 0 saturated carbocycles. The molecule has 0 aliphatic rings. The van der Waals surface area contributed by atoms with E-state index in [1.165, 1.54) is 29.2 Å². The van der Waals surface area contributed by atoms with Crippen LogP contribution in [0.2, 0.25) is 5.02 Å². The third kappa shape index (κ3) is 3.94. The number of hydrogen-bond acceptors (Lipinski definition) is 6. The Morgan fingerprint density at radius 1 is 1.26 bits per heavy atom. The summed E-state index contributed by atoms with van der Waals surface area (Å²) in [6.45, 7) is 4.95. The lowest BCUT2D eigenvalue weighted by Gasteiger charge is -2.13. The largest absolute Gasteiger partial charge is 0.453 e. The average molecular weight is 405 g/mol. The second-order valence-electron chi connectivity index (χ2n) is 6.14. The number of thiophene rings is 1. The Hall–Kier alpha value is -2.51. The number of carbonyl (C=O) groups is 2. The van der Waals surface area contributed by atoms with Gasteiger partial charge in [0.2, 0.25) is 5.78 Å². The number of hydrogen-bond donors (Lipinski definition) is 0. The van der Waals surface area contributed by atoms with Gasteiger partial charge in [0.15, 0.2) is 6.10 Å². The van der Waals surface area contributed by atoms with Crippen molar-refractivity contribution in [2.45, 2.75) is 33.4 Å². The molecular formula is C19H17ClN2O4S. The van der Waals surface area contributed by atoms with E-state index in [1.54, 1.807) is 24.3 Å². The van der Waals surface area contributed by atoms with Crippen molar-refractivity contribution in [3.05, 3.63) is 62.0 Å². The summed E-state index contributed by atoms with van der Waals surface area (Å²) in [6.07, 6.45) is 0.351. The Balaban J connectivity index is 1.74. The van der Waals surface area contributed by atoms with Gasteiger partial charge in [-0.1, -0.05) is 11.6 Å². The van der Waals surface area contributed by atoms with E-state index in [0.29, 0.717) is 20.8 Å². The number of ether oxygens (including phenoxy) is 1. The predicted octanol–water partition coefficient (Wildman–Crippen LogP) is 3.54. The number of ketones is 1. The number of halogens is 1. The van der Waals surface area contributed by atoms with Crippen molar-refractivity contribution in [1.29, 1.82) is 0 Å². The van der Waals surface area contributed by atoms with E-state index in [4.69, 9.17) is 16.3 Å². The van der Waals surface area contributed by atoms with Crippen LogP contribution in [0.5, 0.6) is 0 Å². The summed E-state index contributed by atoms with van der Waals surface area (Å²) in [5.74, 6) is -1.03. The molecule has 0 fully saturated rings. The molecule has 2 aromatic heterocycles. The van der Waals surface area contributed by atoms with Crippen LogP contribution in [0, 0.1) is 13.8 Å². The van der Waals surface area contributed by atoms with E-state index in [1.807, 2.05) is 13.8 Å². The van der Waals surface area contributed by atoms with Crippen molar-refractivity contribution in [2.75, 3.05) is 0 Å². The van der Waals surface area contributed by atoms with E-state index in [2.05, 4.69) is 4.98 Å². The lowest BCUT2D eigenvalue weighted by atomic mass is 10.1. The van der Waals surface area contributed by atoms with Crippen LogP contribution in [-0.4, -0.2) is 27.4 Å². The van der Waals surface area contributed by atoms with Crippen molar-refractivity contribution in [3.63, 3.8) is 0 Å². The molecule has 1 aromatic carbocycles. The number of carbonyl (C=O) groups excluding carboxylic acids is 2. The van der Waals surface area contributed by atoms with E-state index >= 15 is 0 Å². The molecule has 0 aliphatic carbocycles. The van der Waals surface area contributed by atoms with Crippen LogP contribution in [-0.2, 0) is 16.1 Å². The first-order chi connectivity index (χ1) is 12.8. The standard InChI is InChI=1S/C19H17ClN2O4S/c1-10-12(3)27-18-16(10)19(25)22(9-21-18)8-15(23)26-11(2)17(24)13-4-6-14(20)7-5-13/h4-7,9,11H,8H2,1-3H3/t11-/m1/s1. The molecule has 0 spiro atoms. The molecule has 3 aromatic rings. The molecule has 0 amide bonds. The first-order valence-electron chi connectivity index (χ1n) is 8.22. The molecule has 6 nitrogen and oxygen atoms in total. The molecule has 0 saturated heterocycles. The van der Waals surface area contributed by atoms with E-state index < -0.39 is 12.1 Å². The molecule has 0 bridgehead atoms. The Morgan fingerprint density at radius 3 is 2.59 bits per heavy atom. The van der Waals surface area contributed by atoms with Crippen molar-refractivity contribution < 1.29 is 14.3 Å². The second-order valence-corrected chi connectivity index (χ2v) is 7.78. The lowest BCUT2D eigenvalue weighted by molar-refractivity contribution is -0.147. The minimum Gasteiger partial charge on any atom is -0.453 e. The van der Waals surface area contributed by atoms with Gasteiger partial charge in [-0.25, -0.2) is 4.98 Å². The number of aromatic nitrogens is 2. The highest BCUT2D eigenvalue weighted by molar-refractivity contribution is 7.18. The van der Waals surface area contributed by atoms with Gasteiger partial charge in [0.05, 0.1) is 11.7 Å². The summed E-state index contributed by atoms with van der Waals surface area (Å²) < 4.78 is 6.39. The average Bonchev–Trinajstić information content (AvgIpc) is 2.92. The van der Waals surface area contributed by atoms with Crippen LogP contribution >= 0.6 is 22.9 Å². The fraction of sp³-hybridized carbons (Fsp3) is 0.263. The van der Waals surface area contributed by atoms with E-state index in [0.717, 1.165) is 10.4 Å². The zero-order chi connectivity index (χ0) is 19.7. The van der Waals surface area contributed by atoms with Crippen molar-refractivity contribution in [2.24, 2.45) is 0 Å². The van der Waals surface area contributed by atoms with Crippen LogP contribution in [0.25, 0.3) is 10.2 Å². The van der Waals surface area contributed by atoms with Crippen LogP contribution in [0.15, 0.2) is 35.4 Å². The first-order valence-corrected chi connectivity index (χ1v) is 9.41. The Kier molecular flexibility index (Phi) is 5.43. The summed E-state index contributed by atoms with van der Waals surface area (Å²) in [5.41, 5.74) is 0.960. The summed E-state index contributed by atoms with van der Waals surface area (Å²) >= 11 is 7.24. The zero-order valence-corrected chi connectivity index (χ0v) is 16.6. The highest BCUT2D eigenvalue weighted by Gasteiger charge is 2.21. The molecule has 0 aliphatic heterocycles. The van der Waals surface area contributed by atoms with Crippen molar-refractivity contribution in [3.8, 4) is 0 Å². The number of nitrogens with zero attached hydrogens (tertiary/aromatic N) is 2. The topological polar surface area (TPSA) is 78.3 Å². The second kappa shape index (κ2) is 7.62. The summed E-state index contributed by atoms with van der Waals surface area (Å²) in [5, 5.41) is 1.02. The molecule has 0 radical (unpaired) electrons. The maximum atomic E-state index is 12.6. The van der Waals surface area contributed by atoms with Gasteiger partial charge in [-0.05, 0) is 50.6 Å². The van der Waals surface area contributed by atoms with Gasteiger partial charge in [0, 0.05) is 15.5 Å². The highest BCUT2D eigenvalue weighted by atomic mass is 35.5. The SMILES string of the molecule is Cc1sc2ncn(CC(=O)O[C@H](C)C(=O)c3ccc(Cl)cc3)c(=O)c2c1C. The minimum atomic E-state index is -0.976. The van der Waals surface area contributed by atoms with Crippen LogP contribution < -0.4 is 5.56 Å². The summed E-state index contributed by atoms with van der Waals surface area (Å²) in [7, 11) is 0. The Bertz CT molecular complexity index is 1090. The fourth-order valence-electron chi connectivity index (χ4n) is 2.66. The maximum Gasteiger partial charge on any atom is 0.326 e. The molecule has 27 heavy (non-hydrogen) atoms. The predicted molar refractivity (Wildman–Crippen MR) is 105 cm³/mol. The third-order valence-corrected chi connectivity index (χ3v) is 5.63. The molecule has 140 valence electrons. The number of rotatable bonds is 5. The molecule has 3 rings (SSSR count). The van der Waals surface area contributed by atoms with Gasteiger partial charge in [-0.15, -0.1) is 11.3 Å². The summed E-state index contributed by atoms with van der Waals surface area (Å²) in [4.78, 5) is 43.1. The quantitative estimate of drug-likeness (QED) is 0.480. The van der Waals surface area contributed by atoms with Gasteiger partial charge < -0.3 is 4.74 Å².